The first kappa shape index (κ1) is 25.0. The maximum Gasteiger partial charge on any atom is 0.410 e. The van der Waals surface area contributed by atoms with Crippen LogP contribution in [0.5, 0.6) is 5.88 Å². The minimum atomic E-state index is -0.291. The van der Waals surface area contributed by atoms with Gasteiger partial charge in [-0.2, -0.15) is 5.26 Å². The van der Waals surface area contributed by atoms with Gasteiger partial charge in [0.15, 0.2) is 0 Å². The quantitative estimate of drug-likeness (QED) is 0.621. The molecule has 10 heteroatoms. The second-order valence-corrected chi connectivity index (χ2v) is 10.6. The summed E-state index contributed by atoms with van der Waals surface area (Å²) in [6.07, 6.45) is 2.26. The number of anilines is 2. The maximum atomic E-state index is 12.8. The number of halogens is 1. The first-order valence-corrected chi connectivity index (χ1v) is 12.0. The molecule has 2 bridgehead atoms. The Hall–Kier alpha value is -3.09. The van der Waals surface area contributed by atoms with Crippen LogP contribution in [0.2, 0.25) is 5.02 Å². The van der Waals surface area contributed by atoms with Crippen molar-refractivity contribution >= 4 is 29.2 Å². The SMILES string of the molecule is Cc1c(Nc2ccc(C#N)cc2Cl)ncnc1OC1CC2COCC(C1)N2C(=O)OCC(C)(C)C. The second-order valence-electron chi connectivity index (χ2n) is 10.2. The fourth-order valence-electron chi connectivity index (χ4n) is 4.26. The number of nitrogens with one attached hydrogen (secondary N) is 1. The molecule has 2 aliphatic heterocycles. The number of amides is 1. The molecular formula is C25H30ClN5O4. The summed E-state index contributed by atoms with van der Waals surface area (Å²) >= 11 is 6.30. The molecule has 2 fully saturated rings. The molecule has 0 radical (unpaired) electrons. The fourth-order valence-corrected chi connectivity index (χ4v) is 4.49. The number of morpholine rings is 1. The van der Waals surface area contributed by atoms with Gasteiger partial charge >= 0.3 is 6.09 Å². The molecule has 9 nitrogen and oxygen atoms in total. The van der Waals surface area contributed by atoms with Gasteiger partial charge in [-0.1, -0.05) is 32.4 Å². The van der Waals surface area contributed by atoms with Crippen molar-refractivity contribution in [3.05, 3.63) is 40.7 Å². The molecule has 1 N–H and O–H groups in total. The van der Waals surface area contributed by atoms with Gasteiger partial charge in [0.1, 0.15) is 18.2 Å². The molecular weight excluding hydrogens is 470 g/mol. The number of piperidine rings is 1. The number of hydrogen-bond acceptors (Lipinski definition) is 8. The zero-order chi connectivity index (χ0) is 25.2. The van der Waals surface area contributed by atoms with Gasteiger partial charge in [0.05, 0.1) is 59.8 Å². The van der Waals surface area contributed by atoms with Crippen molar-refractivity contribution < 1.29 is 19.0 Å². The highest BCUT2D eigenvalue weighted by molar-refractivity contribution is 6.33. The number of ether oxygens (including phenoxy) is 3. The number of carbonyl (C=O) groups is 1. The lowest BCUT2D eigenvalue weighted by Gasteiger charge is -2.47. The number of nitrogens with zero attached hydrogens (tertiary/aromatic N) is 4. The third-order valence-corrected chi connectivity index (χ3v) is 6.30. The van der Waals surface area contributed by atoms with Crippen LogP contribution in [0.25, 0.3) is 0 Å². The largest absolute Gasteiger partial charge is 0.474 e. The van der Waals surface area contributed by atoms with Crippen LogP contribution in [-0.2, 0) is 9.47 Å². The van der Waals surface area contributed by atoms with E-state index in [1.807, 2.05) is 32.6 Å². The average Bonchev–Trinajstić information content (AvgIpc) is 2.80. The number of aromatic nitrogens is 2. The average molecular weight is 500 g/mol. The van der Waals surface area contributed by atoms with Crippen LogP contribution in [0.15, 0.2) is 24.5 Å². The van der Waals surface area contributed by atoms with Gasteiger partial charge in [0, 0.05) is 12.8 Å². The molecule has 1 amide bonds. The molecule has 1 aromatic carbocycles. The molecule has 2 atom stereocenters. The van der Waals surface area contributed by atoms with Gasteiger partial charge in [-0.3, -0.25) is 4.90 Å². The van der Waals surface area contributed by atoms with Crippen LogP contribution in [0.1, 0.15) is 44.7 Å². The van der Waals surface area contributed by atoms with Crippen molar-refractivity contribution in [2.24, 2.45) is 5.41 Å². The molecule has 1 aromatic heterocycles. The summed E-state index contributed by atoms with van der Waals surface area (Å²) in [5, 5.41) is 12.7. The van der Waals surface area contributed by atoms with Gasteiger partial charge in [-0.05, 0) is 30.5 Å². The van der Waals surface area contributed by atoms with E-state index in [0.29, 0.717) is 60.6 Å². The standard InChI is InChI=1S/C25H30ClN5O4/c1-15-22(30-21-6-5-16(10-27)7-20(21)26)28-14-29-23(15)35-19-8-17-11-33-12-18(9-19)31(17)24(32)34-13-25(2,3)4/h5-7,14,17-19H,8-9,11-13H2,1-4H3,(H,28,29,30). The predicted octanol–water partition coefficient (Wildman–Crippen LogP) is 4.85. The molecule has 3 heterocycles. The number of carbonyl (C=O) groups excluding carboxylic acids is 1. The van der Waals surface area contributed by atoms with Gasteiger partial charge < -0.3 is 19.5 Å². The first-order chi connectivity index (χ1) is 16.6. The van der Waals surface area contributed by atoms with Crippen molar-refractivity contribution in [3.8, 4) is 11.9 Å². The van der Waals surface area contributed by atoms with Crippen molar-refractivity contribution in [2.45, 2.75) is 58.7 Å². The zero-order valence-electron chi connectivity index (χ0n) is 20.4. The van der Waals surface area contributed by atoms with E-state index in [4.69, 9.17) is 31.1 Å². The third kappa shape index (κ3) is 5.95. The van der Waals surface area contributed by atoms with E-state index >= 15 is 0 Å². The monoisotopic (exact) mass is 499 g/mol. The molecule has 0 saturated carbocycles. The molecule has 2 unspecified atom stereocenters. The number of rotatable bonds is 5. The van der Waals surface area contributed by atoms with E-state index in [-0.39, 0.29) is 29.7 Å². The van der Waals surface area contributed by atoms with E-state index < -0.39 is 0 Å². The fraction of sp³-hybridized carbons (Fsp3) is 0.520. The summed E-state index contributed by atoms with van der Waals surface area (Å²) in [7, 11) is 0. The van der Waals surface area contributed by atoms with E-state index in [1.165, 1.54) is 6.33 Å². The van der Waals surface area contributed by atoms with Crippen LogP contribution in [0.3, 0.4) is 0 Å². The van der Waals surface area contributed by atoms with Crippen LogP contribution in [0.4, 0.5) is 16.3 Å². The van der Waals surface area contributed by atoms with Crippen LogP contribution in [-0.4, -0.2) is 59.0 Å². The molecule has 0 spiro atoms. The van der Waals surface area contributed by atoms with Gasteiger partial charge in [-0.25, -0.2) is 14.8 Å². The molecule has 0 aliphatic carbocycles. The van der Waals surface area contributed by atoms with Gasteiger partial charge in [0.2, 0.25) is 5.88 Å². The molecule has 4 rings (SSSR count). The van der Waals surface area contributed by atoms with Crippen molar-refractivity contribution in [2.75, 3.05) is 25.1 Å². The normalized spacial score (nSPS) is 21.7. The summed E-state index contributed by atoms with van der Waals surface area (Å²) in [6, 6.07) is 6.85. The van der Waals surface area contributed by atoms with Crippen molar-refractivity contribution in [3.63, 3.8) is 0 Å². The topological polar surface area (TPSA) is 110 Å². The van der Waals surface area contributed by atoms with E-state index in [2.05, 4.69) is 21.4 Å². The maximum absolute atomic E-state index is 12.8. The summed E-state index contributed by atoms with van der Waals surface area (Å²) in [5.41, 5.74) is 1.75. The summed E-state index contributed by atoms with van der Waals surface area (Å²) < 4.78 is 17.6. The summed E-state index contributed by atoms with van der Waals surface area (Å²) in [5.74, 6) is 1.04. The molecule has 2 aromatic rings. The first-order valence-electron chi connectivity index (χ1n) is 11.6. The lowest BCUT2D eigenvalue weighted by Crippen LogP contribution is -2.61. The van der Waals surface area contributed by atoms with E-state index in [9.17, 15) is 4.79 Å². The van der Waals surface area contributed by atoms with Crippen LogP contribution < -0.4 is 10.1 Å². The van der Waals surface area contributed by atoms with E-state index in [0.717, 1.165) is 5.56 Å². The smallest absolute Gasteiger partial charge is 0.410 e. The summed E-state index contributed by atoms with van der Waals surface area (Å²) in [6.45, 7) is 9.24. The highest BCUT2D eigenvalue weighted by Crippen LogP contribution is 2.34. The third-order valence-electron chi connectivity index (χ3n) is 5.98. The van der Waals surface area contributed by atoms with E-state index in [1.54, 1.807) is 18.2 Å². The zero-order valence-corrected chi connectivity index (χ0v) is 21.1. The molecule has 2 saturated heterocycles. The number of nitriles is 1. The minimum Gasteiger partial charge on any atom is -0.474 e. The Labute approximate surface area is 210 Å². The Bertz CT molecular complexity index is 1120. The molecule has 2 aliphatic rings. The van der Waals surface area contributed by atoms with Crippen LogP contribution in [0, 0.1) is 23.7 Å². The lowest BCUT2D eigenvalue weighted by atomic mass is 9.92. The van der Waals surface area contributed by atoms with Gasteiger partial charge in [-0.15, -0.1) is 0 Å². The highest BCUT2D eigenvalue weighted by Gasteiger charge is 2.43. The Kier molecular flexibility index (Phi) is 7.33. The Morgan fingerprint density at radius 3 is 2.63 bits per heavy atom. The number of fused-ring (bicyclic) bond motifs is 2. The highest BCUT2D eigenvalue weighted by atomic mass is 35.5. The molecule has 35 heavy (non-hydrogen) atoms. The van der Waals surface area contributed by atoms with Crippen molar-refractivity contribution in [1.82, 2.24) is 14.9 Å². The Morgan fingerprint density at radius 1 is 1.29 bits per heavy atom. The Balaban J connectivity index is 1.44. The second kappa shape index (κ2) is 10.3. The lowest BCUT2D eigenvalue weighted by molar-refractivity contribution is -0.0928. The predicted molar refractivity (Wildman–Crippen MR) is 131 cm³/mol. The van der Waals surface area contributed by atoms with Crippen LogP contribution >= 0.6 is 11.6 Å². The Morgan fingerprint density at radius 2 is 2.00 bits per heavy atom. The minimum absolute atomic E-state index is 0.0963. The number of hydrogen-bond donors (Lipinski definition) is 1. The number of benzene rings is 1. The van der Waals surface area contributed by atoms with Crippen molar-refractivity contribution in [1.29, 1.82) is 5.26 Å². The van der Waals surface area contributed by atoms with Gasteiger partial charge in [0.25, 0.3) is 0 Å². The molecule has 186 valence electrons. The summed E-state index contributed by atoms with van der Waals surface area (Å²) in [4.78, 5) is 23.3.